The molecular weight excluding hydrogens is 224 g/mol. The van der Waals surface area contributed by atoms with Crippen LogP contribution in [0.15, 0.2) is 16.5 Å². The highest BCUT2D eigenvalue weighted by Crippen LogP contribution is 2.29. The van der Waals surface area contributed by atoms with Gasteiger partial charge in [0.2, 0.25) is 0 Å². The SMILES string of the molecule is Cc1ccc(C(C)NC2CCN(C3CC3)CC2)o1. The molecule has 2 heterocycles. The Labute approximate surface area is 110 Å². The zero-order valence-corrected chi connectivity index (χ0v) is 11.5. The van der Waals surface area contributed by atoms with Gasteiger partial charge in [-0.1, -0.05) is 0 Å². The molecule has 1 aromatic heterocycles. The predicted octanol–water partition coefficient (Wildman–Crippen LogP) is 2.87. The number of rotatable bonds is 4. The molecule has 1 N–H and O–H groups in total. The maximum atomic E-state index is 5.68. The van der Waals surface area contributed by atoms with Crippen molar-refractivity contribution in [1.29, 1.82) is 0 Å². The van der Waals surface area contributed by atoms with Crippen LogP contribution in [-0.2, 0) is 0 Å². The van der Waals surface area contributed by atoms with E-state index in [9.17, 15) is 0 Å². The molecule has 0 radical (unpaired) electrons. The topological polar surface area (TPSA) is 28.4 Å². The third-order valence-corrected chi connectivity index (χ3v) is 4.27. The first kappa shape index (κ1) is 12.2. The van der Waals surface area contributed by atoms with Gasteiger partial charge in [-0.25, -0.2) is 0 Å². The molecule has 18 heavy (non-hydrogen) atoms. The summed E-state index contributed by atoms with van der Waals surface area (Å²) in [6.07, 6.45) is 5.42. The molecule has 1 aliphatic carbocycles. The quantitative estimate of drug-likeness (QED) is 0.888. The zero-order valence-electron chi connectivity index (χ0n) is 11.5. The summed E-state index contributed by atoms with van der Waals surface area (Å²) in [4.78, 5) is 2.67. The van der Waals surface area contributed by atoms with E-state index in [-0.39, 0.29) is 0 Å². The third kappa shape index (κ3) is 2.78. The van der Waals surface area contributed by atoms with Gasteiger partial charge in [0, 0.05) is 12.1 Å². The summed E-state index contributed by atoms with van der Waals surface area (Å²) in [6.45, 7) is 6.74. The molecule has 1 aromatic rings. The van der Waals surface area contributed by atoms with Gasteiger partial charge in [0.05, 0.1) is 6.04 Å². The van der Waals surface area contributed by atoms with E-state index in [0.717, 1.165) is 17.6 Å². The number of aryl methyl sites for hydroxylation is 1. The number of nitrogens with one attached hydrogen (secondary N) is 1. The van der Waals surface area contributed by atoms with Crippen molar-refractivity contribution >= 4 is 0 Å². The van der Waals surface area contributed by atoms with Gasteiger partial charge < -0.3 is 14.6 Å². The van der Waals surface area contributed by atoms with Gasteiger partial charge in [-0.15, -0.1) is 0 Å². The number of hydrogen-bond acceptors (Lipinski definition) is 3. The van der Waals surface area contributed by atoms with E-state index in [2.05, 4.69) is 23.2 Å². The monoisotopic (exact) mass is 248 g/mol. The maximum Gasteiger partial charge on any atom is 0.120 e. The molecule has 0 amide bonds. The van der Waals surface area contributed by atoms with Crippen LogP contribution >= 0.6 is 0 Å². The van der Waals surface area contributed by atoms with Crippen LogP contribution in [0.2, 0.25) is 0 Å². The lowest BCUT2D eigenvalue weighted by Crippen LogP contribution is -2.43. The minimum atomic E-state index is 0.330. The van der Waals surface area contributed by atoms with Crippen LogP contribution in [0.3, 0.4) is 0 Å². The second-order valence-electron chi connectivity index (χ2n) is 5.88. The lowest BCUT2D eigenvalue weighted by atomic mass is 10.0. The second-order valence-corrected chi connectivity index (χ2v) is 5.88. The van der Waals surface area contributed by atoms with Gasteiger partial charge in [0.15, 0.2) is 0 Å². The number of furan rings is 1. The maximum absolute atomic E-state index is 5.68. The Morgan fingerprint density at radius 3 is 2.50 bits per heavy atom. The second kappa shape index (κ2) is 5.06. The van der Waals surface area contributed by atoms with Gasteiger partial charge in [0.25, 0.3) is 0 Å². The average Bonchev–Trinajstić information content (AvgIpc) is 3.12. The van der Waals surface area contributed by atoms with Crippen LogP contribution in [0.4, 0.5) is 0 Å². The minimum absolute atomic E-state index is 0.330. The molecule has 1 saturated carbocycles. The van der Waals surface area contributed by atoms with Crippen molar-refractivity contribution in [3.8, 4) is 0 Å². The molecule has 1 atom stereocenters. The minimum Gasteiger partial charge on any atom is -0.465 e. The molecule has 1 saturated heterocycles. The highest BCUT2D eigenvalue weighted by Gasteiger charge is 2.32. The van der Waals surface area contributed by atoms with Crippen LogP contribution in [-0.4, -0.2) is 30.1 Å². The van der Waals surface area contributed by atoms with Crippen molar-refractivity contribution in [3.63, 3.8) is 0 Å². The average molecular weight is 248 g/mol. The number of piperidine rings is 1. The number of hydrogen-bond donors (Lipinski definition) is 1. The first-order valence-corrected chi connectivity index (χ1v) is 7.29. The van der Waals surface area contributed by atoms with Crippen molar-refractivity contribution in [2.75, 3.05) is 13.1 Å². The Bertz CT molecular complexity index is 389. The van der Waals surface area contributed by atoms with E-state index in [1.807, 2.05) is 13.0 Å². The van der Waals surface area contributed by atoms with Gasteiger partial charge >= 0.3 is 0 Å². The molecule has 0 aromatic carbocycles. The summed E-state index contributed by atoms with van der Waals surface area (Å²) in [5.74, 6) is 2.07. The van der Waals surface area contributed by atoms with Crippen molar-refractivity contribution < 1.29 is 4.42 Å². The van der Waals surface area contributed by atoms with Gasteiger partial charge in [-0.2, -0.15) is 0 Å². The first-order valence-electron chi connectivity index (χ1n) is 7.29. The first-order chi connectivity index (χ1) is 8.72. The van der Waals surface area contributed by atoms with Crippen molar-refractivity contribution in [1.82, 2.24) is 10.2 Å². The smallest absolute Gasteiger partial charge is 0.120 e. The van der Waals surface area contributed by atoms with Crippen LogP contribution < -0.4 is 5.32 Å². The van der Waals surface area contributed by atoms with Gasteiger partial charge in [0.1, 0.15) is 11.5 Å². The molecule has 0 bridgehead atoms. The summed E-state index contributed by atoms with van der Waals surface area (Å²) in [6, 6.07) is 6.04. The predicted molar refractivity (Wildman–Crippen MR) is 72.6 cm³/mol. The van der Waals surface area contributed by atoms with Crippen LogP contribution in [0.25, 0.3) is 0 Å². The largest absolute Gasteiger partial charge is 0.465 e. The van der Waals surface area contributed by atoms with Gasteiger partial charge in [-0.05, 0) is 64.8 Å². The number of nitrogens with zero attached hydrogens (tertiary/aromatic N) is 1. The van der Waals surface area contributed by atoms with E-state index in [4.69, 9.17) is 4.42 Å². The molecule has 2 fully saturated rings. The van der Waals surface area contributed by atoms with E-state index in [1.54, 1.807) is 0 Å². The number of likely N-dealkylation sites (tertiary alicyclic amines) is 1. The fourth-order valence-corrected chi connectivity index (χ4v) is 2.99. The summed E-state index contributed by atoms with van der Waals surface area (Å²) in [5, 5.41) is 3.71. The summed E-state index contributed by atoms with van der Waals surface area (Å²) >= 11 is 0. The van der Waals surface area contributed by atoms with E-state index < -0.39 is 0 Å². The molecule has 3 rings (SSSR count). The highest BCUT2D eigenvalue weighted by atomic mass is 16.3. The van der Waals surface area contributed by atoms with E-state index in [0.29, 0.717) is 12.1 Å². The van der Waals surface area contributed by atoms with Crippen LogP contribution in [0.5, 0.6) is 0 Å². The Kier molecular flexibility index (Phi) is 3.44. The van der Waals surface area contributed by atoms with E-state index >= 15 is 0 Å². The molecule has 3 nitrogen and oxygen atoms in total. The Balaban J connectivity index is 1.48. The van der Waals surface area contributed by atoms with Crippen molar-refractivity contribution in [2.24, 2.45) is 0 Å². The van der Waals surface area contributed by atoms with Gasteiger partial charge in [-0.3, -0.25) is 0 Å². The summed E-state index contributed by atoms with van der Waals surface area (Å²) < 4.78 is 5.68. The van der Waals surface area contributed by atoms with Crippen molar-refractivity contribution in [3.05, 3.63) is 23.7 Å². The molecular formula is C15H24N2O. The van der Waals surface area contributed by atoms with Crippen LogP contribution in [0, 0.1) is 6.92 Å². The van der Waals surface area contributed by atoms with Crippen molar-refractivity contribution in [2.45, 2.75) is 57.7 Å². The zero-order chi connectivity index (χ0) is 12.5. The lowest BCUT2D eigenvalue weighted by Gasteiger charge is -2.33. The molecule has 1 aliphatic heterocycles. The Morgan fingerprint density at radius 2 is 1.94 bits per heavy atom. The third-order valence-electron chi connectivity index (χ3n) is 4.27. The van der Waals surface area contributed by atoms with Crippen LogP contribution in [0.1, 0.15) is 50.2 Å². The fourth-order valence-electron chi connectivity index (χ4n) is 2.99. The molecule has 0 spiro atoms. The molecule has 100 valence electrons. The summed E-state index contributed by atoms with van der Waals surface area (Å²) in [7, 11) is 0. The normalized spacial score (nSPS) is 24.3. The Morgan fingerprint density at radius 1 is 1.22 bits per heavy atom. The molecule has 2 aliphatic rings. The lowest BCUT2D eigenvalue weighted by molar-refractivity contribution is 0.181. The molecule has 3 heteroatoms. The highest BCUT2D eigenvalue weighted by molar-refractivity contribution is 5.09. The summed E-state index contributed by atoms with van der Waals surface area (Å²) in [5.41, 5.74) is 0. The van der Waals surface area contributed by atoms with E-state index in [1.165, 1.54) is 38.8 Å². The molecule has 1 unspecified atom stereocenters. The fraction of sp³-hybridized carbons (Fsp3) is 0.733. The standard InChI is InChI=1S/C15H24N2O/c1-11-3-6-15(18-11)12(2)16-13-7-9-17(10-8-13)14-4-5-14/h3,6,12-14,16H,4-5,7-10H2,1-2H3. The Hall–Kier alpha value is -0.800.